The first-order chi connectivity index (χ1) is 15.1. The van der Waals surface area contributed by atoms with Crippen molar-refractivity contribution < 1.29 is 9.59 Å². The van der Waals surface area contributed by atoms with Crippen molar-refractivity contribution in [3.8, 4) is 0 Å². The monoisotopic (exact) mass is 416 g/mol. The maximum atomic E-state index is 12.9. The van der Waals surface area contributed by atoms with E-state index in [0.717, 1.165) is 18.4 Å². The second kappa shape index (κ2) is 11.6. The maximum absolute atomic E-state index is 12.9. The number of nitrogens with one attached hydrogen (secondary N) is 1. The minimum absolute atomic E-state index is 0.0611. The summed E-state index contributed by atoms with van der Waals surface area (Å²) in [4.78, 5) is 35.2. The third-order valence-corrected chi connectivity index (χ3v) is 5.01. The van der Waals surface area contributed by atoms with Crippen LogP contribution < -0.4 is 5.32 Å². The molecule has 2 amide bonds. The Balaban J connectivity index is 1.54. The lowest BCUT2D eigenvalue weighted by molar-refractivity contribution is -0.121. The second-order valence-electron chi connectivity index (χ2n) is 7.55. The summed E-state index contributed by atoms with van der Waals surface area (Å²) in [6.45, 7) is 2.72. The summed E-state index contributed by atoms with van der Waals surface area (Å²) in [5, 5.41) is 3.04. The normalized spacial score (nSPS) is 11.5. The molecule has 1 aromatic heterocycles. The molecule has 0 saturated heterocycles. The van der Waals surface area contributed by atoms with E-state index in [1.807, 2.05) is 55.5 Å². The number of nitrogens with zero attached hydrogens (tertiary/aromatic N) is 3. The largest absolute Gasteiger partial charge is 0.354 e. The van der Waals surface area contributed by atoms with Crippen LogP contribution in [0.2, 0.25) is 0 Å². The van der Waals surface area contributed by atoms with Crippen molar-refractivity contribution >= 4 is 11.8 Å². The van der Waals surface area contributed by atoms with Gasteiger partial charge in [-0.3, -0.25) is 14.6 Å². The lowest BCUT2D eigenvalue weighted by Gasteiger charge is -2.23. The van der Waals surface area contributed by atoms with Crippen molar-refractivity contribution in [2.75, 3.05) is 6.54 Å². The van der Waals surface area contributed by atoms with Crippen LogP contribution in [0, 0.1) is 0 Å². The third-order valence-electron chi connectivity index (χ3n) is 5.01. The minimum atomic E-state index is -0.234. The quantitative estimate of drug-likeness (QED) is 0.547. The predicted molar refractivity (Wildman–Crippen MR) is 120 cm³/mol. The number of hydrogen-bond donors (Lipinski definition) is 1. The highest BCUT2D eigenvalue weighted by atomic mass is 16.2. The predicted octanol–water partition coefficient (Wildman–Crippen LogP) is 3.65. The molecule has 1 atom stereocenters. The SMILES string of the molecule is C[C@H](CCc1ccccc1)NC(=O)CCN(Cc1ccccc1)C(=O)c1cnccn1. The molecule has 31 heavy (non-hydrogen) atoms. The molecular formula is C25H28N4O2. The topological polar surface area (TPSA) is 75.2 Å². The van der Waals surface area contributed by atoms with Gasteiger partial charge in [-0.05, 0) is 30.9 Å². The molecule has 6 heteroatoms. The summed E-state index contributed by atoms with van der Waals surface area (Å²) < 4.78 is 0. The molecule has 2 aromatic carbocycles. The summed E-state index contributed by atoms with van der Waals surface area (Å²) in [6, 6.07) is 20.0. The number of hydrogen-bond acceptors (Lipinski definition) is 4. The molecular weight excluding hydrogens is 388 g/mol. The number of carbonyl (C=O) groups excluding carboxylic acids is 2. The van der Waals surface area contributed by atoms with E-state index in [4.69, 9.17) is 0 Å². The fourth-order valence-electron chi connectivity index (χ4n) is 3.31. The molecule has 0 saturated carbocycles. The summed E-state index contributed by atoms with van der Waals surface area (Å²) >= 11 is 0. The first kappa shape index (κ1) is 22.2. The van der Waals surface area contributed by atoms with E-state index >= 15 is 0 Å². The van der Waals surface area contributed by atoms with Crippen molar-refractivity contribution in [3.63, 3.8) is 0 Å². The van der Waals surface area contributed by atoms with Crippen LogP contribution in [0.5, 0.6) is 0 Å². The molecule has 1 N–H and O–H groups in total. The molecule has 1 heterocycles. The zero-order valence-corrected chi connectivity index (χ0v) is 17.8. The highest BCUT2D eigenvalue weighted by Gasteiger charge is 2.19. The van der Waals surface area contributed by atoms with E-state index in [2.05, 4.69) is 27.4 Å². The third kappa shape index (κ3) is 7.33. The highest BCUT2D eigenvalue weighted by Crippen LogP contribution is 2.10. The number of amides is 2. The van der Waals surface area contributed by atoms with Crippen LogP contribution in [0.1, 0.15) is 41.4 Å². The lowest BCUT2D eigenvalue weighted by Crippen LogP contribution is -2.38. The summed E-state index contributed by atoms with van der Waals surface area (Å²) in [6.07, 6.45) is 6.48. The fraction of sp³-hybridized carbons (Fsp3) is 0.280. The Bertz CT molecular complexity index is 949. The molecule has 0 aliphatic carbocycles. The smallest absolute Gasteiger partial charge is 0.274 e. The van der Waals surface area contributed by atoms with Gasteiger partial charge in [0.1, 0.15) is 5.69 Å². The Labute approximate surface area is 183 Å². The van der Waals surface area contributed by atoms with Gasteiger partial charge >= 0.3 is 0 Å². The van der Waals surface area contributed by atoms with E-state index in [1.54, 1.807) is 4.90 Å². The Kier molecular flexibility index (Phi) is 8.29. The average Bonchev–Trinajstić information content (AvgIpc) is 2.82. The molecule has 3 rings (SSSR count). The summed E-state index contributed by atoms with van der Waals surface area (Å²) in [5.41, 5.74) is 2.53. The first-order valence-electron chi connectivity index (χ1n) is 10.5. The van der Waals surface area contributed by atoms with Crippen molar-refractivity contribution in [2.45, 2.75) is 38.8 Å². The van der Waals surface area contributed by atoms with Crippen LogP contribution >= 0.6 is 0 Å². The molecule has 0 radical (unpaired) electrons. The van der Waals surface area contributed by atoms with Crippen molar-refractivity contribution in [1.29, 1.82) is 0 Å². The van der Waals surface area contributed by atoms with Gasteiger partial charge in [-0.25, -0.2) is 4.98 Å². The van der Waals surface area contributed by atoms with Crippen LogP contribution in [0.3, 0.4) is 0 Å². The Morgan fingerprint density at radius 1 is 0.968 bits per heavy atom. The van der Waals surface area contributed by atoms with Gasteiger partial charge in [0.2, 0.25) is 5.91 Å². The first-order valence-corrected chi connectivity index (χ1v) is 10.5. The van der Waals surface area contributed by atoms with Crippen molar-refractivity contribution in [2.24, 2.45) is 0 Å². The number of aryl methyl sites for hydroxylation is 1. The lowest BCUT2D eigenvalue weighted by atomic mass is 10.1. The van der Waals surface area contributed by atoms with Crippen LogP contribution in [0.25, 0.3) is 0 Å². The Hall–Kier alpha value is -3.54. The second-order valence-corrected chi connectivity index (χ2v) is 7.55. The molecule has 3 aromatic rings. The van der Waals surface area contributed by atoms with Gasteiger partial charge in [0.15, 0.2) is 0 Å². The van der Waals surface area contributed by atoms with Crippen LogP contribution in [0.4, 0.5) is 0 Å². The standard InChI is InChI=1S/C25H28N4O2/c1-20(12-13-21-8-4-2-5-9-21)28-24(30)14-17-29(19-22-10-6-3-7-11-22)25(31)23-18-26-15-16-27-23/h2-11,15-16,18,20H,12-14,17,19H2,1H3,(H,28,30)/t20-/m1/s1. The van der Waals surface area contributed by atoms with Crippen LogP contribution in [-0.2, 0) is 17.8 Å². The molecule has 160 valence electrons. The van der Waals surface area contributed by atoms with Crippen molar-refractivity contribution in [1.82, 2.24) is 20.2 Å². The summed E-state index contributed by atoms with van der Waals surface area (Å²) in [7, 11) is 0. The van der Waals surface area contributed by atoms with E-state index in [9.17, 15) is 9.59 Å². The molecule has 0 unspecified atom stereocenters. The molecule has 0 aliphatic rings. The number of carbonyl (C=O) groups is 2. The Morgan fingerprint density at radius 3 is 2.29 bits per heavy atom. The number of aromatic nitrogens is 2. The Morgan fingerprint density at radius 2 is 1.65 bits per heavy atom. The van der Waals surface area contributed by atoms with Gasteiger partial charge in [-0.15, -0.1) is 0 Å². The zero-order valence-electron chi connectivity index (χ0n) is 17.8. The fourth-order valence-corrected chi connectivity index (χ4v) is 3.31. The number of benzene rings is 2. The van der Waals surface area contributed by atoms with Gasteiger partial charge in [-0.2, -0.15) is 0 Å². The van der Waals surface area contributed by atoms with Gasteiger partial charge in [0.25, 0.3) is 5.91 Å². The van der Waals surface area contributed by atoms with Crippen LogP contribution in [-0.4, -0.2) is 39.3 Å². The molecule has 0 bridgehead atoms. The van der Waals surface area contributed by atoms with E-state index in [1.165, 1.54) is 24.2 Å². The minimum Gasteiger partial charge on any atom is -0.354 e. The highest BCUT2D eigenvalue weighted by molar-refractivity contribution is 5.92. The van der Waals surface area contributed by atoms with E-state index in [-0.39, 0.29) is 30.0 Å². The van der Waals surface area contributed by atoms with Gasteiger partial charge in [-0.1, -0.05) is 60.7 Å². The summed E-state index contributed by atoms with van der Waals surface area (Å²) in [5.74, 6) is -0.299. The maximum Gasteiger partial charge on any atom is 0.274 e. The van der Waals surface area contributed by atoms with Gasteiger partial charge in [0.05, 0.1) is 6.20 Å². The average molecular weight is 417 g/mol. The van der Waals surface area contributed by atoms with Gasteiger partial charge in [0, 0.05) is 37.9 Å². The molecule has 0 spiro atoms. The zero-order chi connectivity index (χ0) is 21.9. The molecule has 0 aliphatic heterocycles. The van der Waals surface area contributed by atoms with E-state index < -0.39 is 0 Å². The molecule has 0 fully saturated rings. The van der Waals surface area contributed by atoms with Crippen LogP contribution in [0.15, 0.2) is 79.3 Å². The van der Waals surface area contributed by atoms with E-state index in [0.29, 0.717) is 13.1 Å². The number of rotatable bonds is 10. The van der Waals surface area contributed by atoms with Crippen molar-refractivity contribution in [3.05, 3.63) is 96.1 Å². The van der Waals surface area contributed by atoms with Gasteiger partial charge < -0.3 is 10.2 Å². The molecule has 6 nitrogen and oxygen atoms in total.